The lowest BCUT2D eigenvalue weighted by molar-refractivity contribution is 0.589. The van der Waals surface area contributed by atoms with E-state index < -0.39 is 10.0 Å². The molecule has 5 aromatic carbocycles. The summed E-state index contributed by atoms with van der Waals surface area (Å²) in [7, 11) is -3.93. The summed E-state index contributed by atoms with van der Waals surface area (Å²) in [5.41, 5.74) is 6.31. The number of allylic oxidation sites excluding steroid dienone is 1. The van der Waals surface area contributed by atoms with Gasteiger partial charge in [-0.3, -0.25) is 0 Å². The van der Waals surface area contributed by atoms with Crippen LogP contribution in [0.15, 0.2) is 150 Å². The zero-order valence-corrected chi connectivity index (χ0v) is 23.0. The minimum atomic E-state index is -3.93. The van der Waals surface area contributed by atoms with Crippen molar-refractivity contribution in [2.24, 2.45) is 0 Å². The van der Waals surface area contributed by atoms with Crippen LogP contribution in [-0.2, 0) is 10.0 Å². The maximum absolute atomic E-state index is 14.4. The molecule has 6 aromatic rings. The third-order valence-electron chi connectivity index (χ3n) is 7.23. The van der Waals surface area contributed by atoms with Gasteiger partial charge in [0, 0.05) is 11.3 Å². The Hall–Kier alpha value is -4.67. The standard InChI is InChI=1S/C36H29NO2S/c1-27-21-24-31(25-22-27)40(38,39)37-34-20-12-11-19-33(34)35(36(37)30-17-9-4-10-18-30)32(29-15-7-3-8-16-29)26-23-28-13-5-2-6-14-28/h2-26,32H,1H3/b26-23+. The van der Waals surface area contributed by atoms with Crippen LogP contribution in [0, 0.1) is 6.92 Å². The molecule has 0 radical (unpaired) electrons. The summed E-state index contributed by atoms with van der Waals surface area (Å²) in [6, 6.07) is 45.2. The summed E-state index contributed by atoms with van der Waals surface area (Å²) >= 11 is 0. The molecule has 0 aliphatic rings. The van der Waals surface area contributed by atoms with E-state index in [9.17, 15) is 8.42 Å². The molecule has 0 fully saturated rings. The maximum Gasteiger partial charge on any atom is 0.268 e. The van der Waals surface area contributed by atoms with Gasteiger partial charge in [-0.05, 0) is 47.4 Å². The number of aryl methyl sites for hydroxylation is 1. The van der Waals surface area contributed by atoms with E-state index in [0.717, 1.165) is 33.2 Å². The van der Waals surface area contributed by atoms with Gasteiger partial charge in [0.05, 0.1) is 16.1 Å². The highest BCUT2D eigenvalue weighted by Crippen LogP contribution is 2.43. The fraction of sp³-hybridized carbons (Fsp3) is 0.0556. The smallest absolute Gasteiger partial charge is 0.233 e. The topological polar surface area (TPSA) is 39.1 Å². The first-order chi connectivity index (χ1) is 19.5. The lowest BCUT2D eigenvalue weighted by atomic mass is 9.87. The van der Waals surface area contributed by atoms with Crippen LogP contribution >= 0.6 is 0 Å². The van der Waals surface area contributed by atoms with Gasteiger partial charge in [-0.1, -0.05) is 139 Å². The Bertz CT molecular complexity index is 1890. The van der Waals surface area contributed by atoms with Gasteiger partial charge in [0.1, 0.15) is 0 Å². The number of hydrogen-bond acceptors (Lipinski definition) is 2. The van der Waals surface area contributed by atoms with E-state index in [4.69, 9.17) is 0 Å². The molecule has 1 aromatic heterocycles. The summed E-state index contributed by atoms with van der Waals surface area (Å²) in [5.74, 6) is -0.198. The first-order valence-corrected chi connectivity index (χ1v) is 14.8. The zero-order chi connectivity index (χ0) is 27.5. The first kappa shape index (κ1) is 25.6. The molecule has 3 nitrogen and oxygen atoms in total. The molecule has 0 aliphatic carbocycles. The molecule has 4 heteroatoms. The van der Waals surface area contributed by atoms with Crippen molar-refractivity contribution in [1.82, 2.24) is 3.97 Å². The van der Waals surface area contributed by atoms with E-state index in [1.807, 2.05) is 110 Å². The third-order valence-corrected chi connectivity index (χ3v) is 8.96. The summed E-state index contributed by atoms with van der Waals surface area (Å²) in [5, 5.41) is 0.906. The van der Waals surface area contributed by atoms with Gasteiger partial charge in [-0.25, -0.2) is 12.4 Å². The molecule has 0 saturated carbocycles. The number of hydrogen-bond donors (Lipinski definition) is 0. The lowest BCUT2D eigenvalue weighted by Crippen LogP contribution is -2.15. The molecule has 0 amide bonds. The monoisotopic (exact) mass is 539 g/mol. The molecule has 196 valence electrons. The number of nitrogens with zero attached hydrogens (tertiary/aromatic N) is 1. The molecule has 0 spiro atoms. The number of para-hydroxylation sites is 1. The highest BCUT2D eigenvalue weighted by atomic mass is 32.2. The normalized spacial score (nSPS) is 12.6. The molecular weight excluding hydrogens is 510 g/mol. The van der Waals surface area contributed by atoms with Gasteiger partial charge >= 0.3 is 0 Å². The predicted molar refractivity (Wildman–Crippen MR) is 165 cm³/mol. The maximum atomic E-state index is 14.4. The summed E-state index contributed by atoms with van der Waals surface area (Å²) < 4.78 is 30.4. The van der Waals surface area contributed by atoms with Crippen molar-refractivity contribution < 1.29 is 8.42 Å². The third kappa shape index (κ3) is 4.78. The summed E-state index contributed by atoms with van der Waals surface area (Å²) in [4.78, 5) is 0.263. The Balaban J connectivity index is 1.71. The average molecular weight is 540 g/mol. The van der Waals surface area contributed by atoms with Crippen molar-refractivity contribution in [3.8, 4) is 11.3 Å². The van der Waals surface area contributed by atoms with Gasteiger partial charge in [0.2, 0.25) is 0 Å². The van der Waals surface area contributed by atoms with Crippen LogP contribution < -0.4 is 0 Å². The highest BCUT2D eigenvalue weighted by molar-refractivity contribution is 7.90. The Labute approximate surface area is 235 Å². The number of fused-ring (bicyclic) bond motifs is 1. The second kappa shape index (κ2) is 10.8. The average Bonchev–Trinajstić information content (AvgIpc) is 3.35. The Morgan fingerprint density at radius 3 is 1.90 bits per heavy atom. The van der Waals surface area contributed by atoms with E-state index in [2.05, 4.69) is 36.4 Å². The molecule has 0 aliphatic heterocycles. The molecular formula is C36H29NO2S. The van der Waals surface area contributed by atoms with Crippen LogP contribution in [0.3, 0.4) is 0 Å². The molecule has 40 heavy (non-hydrogen) atoms. The minimum Gasteiger partial charge on any atom is -0.233 e. The van der Waals surface area contributed by atoms with Crippen molar-refractivity contribution in [2.75, 3.05) is 0 Å². The Morgan fingerprint density at radius 1 is 0.650 bits per heavy atom. The first-order valence-electron chi connectivity index (χ1n) is 13.3. The molecule has 6 rings (SSSR count). The Kier molecular flexibility index (Phi) is 6.93. The van der Waals surface area contributed by atoms with E-state index in [-0.39, 0.29) is 10.8 Å². The highest BCUT2D eigenvalue weighted by Gasteiger charge is 2.31. The number of rotatable bonds is 7. The lowest BCUT2D eigenvalue weighted by Gasteiger charge is -2.18. The van der Waals surface area contributed by atoms with Gasteiger partial charge in [-0.2, -0.15) is 0 Å². The quantitative estimate of drug-likeness (QED) is 0.204. The summed E-state index contributed by atoms with van der Waals surface area (Å²) in [6.07, 6.45) is 4.30. The molecule has 0 bridgehead atoms. The number of benzene rings is 5. The largest absolute Gasteiger partial charge is 0.268 e. The Morgan fingerprint density at radius 2 is 1.23 bits per heavy atom. The van der Waals surface area contributed by atoms with E-state index in [1.165, 1.54) is 0 Å². The van der Waals surface area contributed by atoms with Gasteiger partial charge in [0.25, 0.3) is 10.0 Å². The van der Waals surface area contributed by atoms with Gasteiger partial charge < -0.3 is 0 Å². The van der Waals surface area contributed by atoms with E-state index in [0.29, 0.717) is 11.2 Å². The van der Waals surface area contributed by atoms with Crippen LogP contribution in [0.4, 0.5) is 0 Å². The van der Waals surface area contributed by atoms with Crippen molar-refractivity contribution in [3.05, 3.63) is 168 Å². The minimum absolute atomic E-state index is 0.198. The van der Waals surface area contributed by atoms with Crippen molar-refractivity contribution in [2.45, 2.75) is 17.7 Å². The van der Waals surface area contributed by atoms with Crippen LogP contribution in [0.5, 0.6) is 0 Å². The molecule has 1 heterocycles. The van der Waals surface area contributed by atoms with Crippen LogP contribution in [-0.4, -0.2) is 12.4 Å². The van der Waals surface area contributed by atoms with E-state index in [1.54, 1.807) is 16.1 Å². The second-order valence-electron chi connectivity index (χ2n) is 9.89. The molecule has 0 N–H and O–H groups in total. The molecule has 1 atom stereocenters. The zero-order valence-electron chi connectivity index (χ0n) is 22.2. The summed E-state index contributed by atoms with van der Waals surface area (Å²) in [6.45, 7) is 1.96. The van der Waals surface area contributed by atoms with Gasteiger partial charge in [-0.15, -0.1) is 0 Å². The van der Waals surface area contributed by atoms with Crippen LogP contribution in [0.2, 0.25) is 0 Å². The van der Waals surface area contributed by atoms with Crippen molar-refractivity contribution >= 4 is 27.0 Å². The van der Waals surface area contributed by atoms with Crippen LogP contribution in [0.1, 0.15) is 28.2 Å². The fourth-order valence-corrected chi connectivity index (χ4v) is 6.84. The molecule has 0 saturated heterocycles. The van der Waals surface area contributed by atoms with Crippen LogP contribution in [0.25, 0.3) is 28.2 Å². The van der Waals surface area contributed by atoms with E-state index >= 15 is 0 Å². The molecule has 1 unspecified atom stereocenters. The SMILES string of the molecule is Cc1ccc(S(=O)(=O)n2c(-c3ccccc3)c(C(/C=C/c3ccccc3)c3ccccc3)c3ccccc32)cc1. The number of aromatic nitrogens is 1. The van der Waals surface area contributed by atoms with Crippen molar-refractivity contribution in [1.29, 1.82) is 0 Å². The predicted octanol–water partition coefficient (Wildman–Crippen LogP) is 8.70. The second-order valence-corrected chi connectivity index (χ2v) is 11.7. The van der Waals surface area contributed by atoms with Crippen molar-refractivity contribution in [3.63, 3.8) is 0 Å². The van der Waals surface area contributed by atoms with Gasteiger partial charge in [0.15, 0.2) is 0 Å². The fourth-order valence-electron chi connectivity index (χ4n) is 5.29.